The molecule has 1 aliphatic rings. The Hall–Kier alpha value is -1.06. The Morgan fingerprint density at radius 3 is 2.18 bits per heavy atom. The van der Waals surface area contributed by atoms with Crippen molar-refractivity contribution < 1.29 is 14.3 Å². The molecule has 4 heteroatoms. The molecule has 0 aromatic heterocycles. The number of nitrogens with one attached hydrogen (secondary N) is 1. The quantitative estimate of drug-likeness (QED) is 0.459. The average molecular weight is 157 g/mol. The molecule has 1 rings (SSSR count). The Labute approximate surface area is 64.9 Å². The molecular weight excluding hydrogens is 146 g/mol. The number of carbonyl (C=O) groups excluding carboxylic acids is 2. The van der Waals surface area contributed by atoms with Gasteiger partial charge in [0.2, 0.25) is 5.91 Å². The van der Waals surface area contributed by atoms with E-state index in [2.05, 4.69) is 5.32 Å². The van der Waals surface area contributed by atoms with Gasteiger partial charge in [-0.3, -0.25) is 9.59 Å². The number of amides is 1. The molecule has 0 unspecified atom stereocenters. The molecule has 4 nitrogen and oxygen atoms in total. The molecule has 1 saturated carbocycles. The highest BCUT2D eigenvalue weighted by Crippen LogP contribution is 2.36. The third-order valence-corrected chi connectivity index (χ3v) is 1.45. The number of carbonyl (C=O) groups is 2. The first kappa shape index (κ1) is 8.04. The van der Waals surface area contributed by atoms with Crippen molar-refractivity contribution in [1.82, 2.24) is 5.32 Å². The fourth-order valence-corrected chi connectivity index (χ4v) is 0.962. The summed E-state index contributed by atoms with van der Waals surface area (Å²) in [7, 11) is 0. The molecule has 1 amide bonds. The van der Waals surface area contributed by atoms with E-state index in [0.29, 0.717) is 0 Å². The van der Waals surface area contributed by atoms with Crippen LogP contribution in [0.3, 0.4) is 0 Å². The van der Waals surface area contributed by atoms with Crippen LogP contribution in [0, 0.1) is 0 Å². The predicted molar refractivity (Wildman–Crippen MR) is 37.5 cm³/mol. The highest BCUT2D eigenvalue weighted by molar-refractivity contribution is 5.75. The van der Waals surface area contributed by atoms with Crippen LogP contribution in [0.15, 0.2) is 0 Å². The summed E-state index contributed by atoms with van der Waals surface area (Å²) in [6, 6.07) is 0. The summed E-state index contributed by atoms with van der Waals surface area (Å²) in [5.74, 6) is -0.514. The zero-order valence-electron chi connectivity index (χ0n) is 6.64. The molecular formula is C7H11NO3. The van der Waals surface area contributed by atoms with Gasteiger partial charge in [0.25, 0.3) is 0 Å². The van der Waals surface area contributed by atoms with E-state index in [1.54, 1.807) is 0 Å². The van der Waals surface area contributed by atoms with Gasteiger partial charge >= 0.3 is 5.97 Å². The summed E-state index contributed by atoms with van der Waals surface area (Å²) < 4.78 is 4.89. The minimum Gasteiger partial charge on any atom is -0.439 e. The lowest BCUT2D eigenvalue weighted by molar-refractivity contribution is -0.151. The Morgan fingerprint density at radius 1 is 1.36 bits per heavy atom. The minimum atomic E-state index is -0.655. The minimum absolute atomic E-state index is 0.163. The van der Waals surface area contributed by atoms with Crippen molar-refractivity contribution in [2.75, 3.05) is 0 Å². The lowest BCUT2D eigenvalue weighted by atomic mass is 10.5. The second kappa shape index (κ2) is 2.53. The normalized spacial score (nSPS) is 18.7. The first-order valence-electron chi connectivity index (χ1n) is 3.52. The summed E-state index contributed by atoms with van der Waals surface area (Å²) in [4.78, 5) is 21.1. The van der Waals surface area contributed by atoms with Crippen molar-refractivity contribution in [2.24, 2.45) is 0 Å². The molecule has 0 radical (unpaired) electrons. The summed E-state index contributed by atoms with van der Waals surface area (Å²) in [5.41, 5.74) is -0.655. The van der Waals surface area contributed by atoms with Crippen LogP contribution in [0.2, 0.25) is 0 Å². The Morgan fingerprint density at radius 2 is 1.91 bits per heavy atom. The van der Waals surface area contributed by atoms with Gasteiger partial charge in [-0.2, -0.15) is 0 Å². The number of rotatable bonds is 2. The number of esters is 1. The van der Waals surface area contributed by atoms with Crippen LogP contribution >= 0.6 is 0 Å². The second-order valence-corrected chi connectivity index (χ2v) is 2.77. The SMILES string of the molecule is CC(=O)NC1(OC(C)=O)CC1. The monoisotopic (exact) mass is 157 g/mol. The fourth-order valence-electron chi connectivity index (χ4n) is 0.962. The van der Waals surface area contributed by atoms with Gasteiger partial charge in [-0.25, -0.2) is 0 Å². The van der Waals surface area contributed by atoms with Gasteiger partial charge in [-0.1, -0.05) is 0 Å². The Bertz CT molecular complexity index is 178. The van der Waals surface area contributed by atoms with E-state index < -0.39 is 5.72 Å². The molecule has 0 heterocycles. The summed E-state index contributed by atoms with van der Waals surface area (Å²) in [6.07, 6.45) is 1.46. The number of hydrogen-bond acceptors (Lipinski definition) is 3. The lowest BCUT2D eigenvalue weighted by Gasteiger charge is -2.15. The smallest absolute Gasteiger partial charge is 0.304 e. The molecule has 0 spiro atoms. The van der Waals surface area contributed by atoms with Crippen molar-refractivity contribution in [1.29, 1.82) is 0 Å². The van der Waals surface area contributed by atoms with Crippen LogP contribution in [0.1, 0.15) is 26.7 Å². The lowest BCUT2D eigenvalue weighted by Crippen LogP contribution is -2.38. The zero-order chi connectivity index (χ0) is 8.48. The maximum atomic E-state index is 10.6. The van der Waals surface area contributed by atoms with Gasteiger partial charge in [0, 0.05) is 26.7 Å². The van der Waals surface area contributed by atoms with Gasteiger partial charge in [-0.15, -0.1) is 0 Å². The zero-order valence-corrected chi connectivity index (χ0v) is 6.64. The van der Waals surface area contributed by atoms with Gasteiger partial charge in [-0.05, 0) is 0 Å². The van der Waals surface area contributed by atoms with E-state index in [9.17, 15) is 9.59 Å². The van der Waals surface area contributed by atoms with E-state index in [1.807, 2.05) is 0 Å². The molecule has 0 aromatic rings. The molecule has 11 heavy (non-hydrogen) atoms. The first-order valence-corrected chi connectivity index (χ1v) is 3.52. The van der Waals surface area contributed by atoms with Crippen molar-refractivity contribution in [3.05, 3.63) is 0 Å². The van der Waals surface area contributed by atoms with Gasteiger partial charge in [0.15, 0.2) is 5.72 Å². The molecule has 0 atom stereocenters. The van der Waals surface area contributed by atoms with E-state index in [1.165, 1.54) is 13.8 Å². The molecule has 1 N–H and O–H groups in total. The van der Waals surface area contributed by atoms with Gasteiger partial charge < -0.3 is 10.1 Å². The summed E-state index contributed by atoms with van der Waals surface area (Å²) in [6.45, 7) is 2.74. The highest BCUT2D eigenvalue weighted by Gasteiger charge is 2.47. The van der Waals surface area contributed by atoms with Crippen molar-refractivity contribution in [2.45, 2.75) is 32.4 Å². The van der Waals surface area contributed by atoms with E-state index in [0.717, 1.165) is 12.8 Å². The second-order valence-electron chi connectivity index (χ2n) is 2.77. The Kier molecular flexibility index (Phi) is 1.85. The van der Waals surface area contributed by atoms with Crippen LogP contribution < -0.4 is 5.32 Å². The Balaban J connectivity index is 2.41. The third-order valence-electron chi connectivity index (χ3n) is 1.45. The fraction of sp³-hybridized carbons (Fsp3) is 0.714. The standard InChI is InChI=1S/C7H11NO3/c1-5(9)8-7(3-4-7)11-6(2)10/h3-4H2,1-2H3,(H,8,9). The van der Waals surface area contributed by atoms with Crippen molar-refractivity contribution >= 4 is 11.9 Å². The van der Waals surface area contributed by atoms with E-state index in [4.69, 9.17) is 4.74 Å². The van der Waals surface area contributed by atoms with Gasteiger partial charge in [0.05, 0.1) is 0 Å². The van der Waals surface area contributed by atoms with E-state index in [-0.39, 0.29) is 11.9 Å². The van der Waals surface area contributed by atoms with Crippen LogP contribution in [0.4, 0.5) is 0 Å². The van der Waals surface area contributed by atoms with Crippen LogP contribution in [0.5, 0.6) is 0 Å². The average Bonchev–Trinajstić information content (AvgIpc) is 2.43. The molecule has 0 aliphatic heterocycles. The molecule has 62 valence electrons. The molecule has 0 aromatic carbocycles. The van der Waals surface area contributed by atoms with Crippen molar-refractivity contribution in [3.63, 3.8) is 0 Å². The molecule has 0 saturated heterocycles. The number of ether oxygens (including phenoxy) is 1. The molecule has 1 aliphatic carbocycles. The van der Waals surface area contributed by atoms with Crippen molar-refractivity contribution in [3.8, 4) is 0 Å². The largest absolute Gasteiger partial charge is 0.439 e. The summed E-state index contributed by atoms with van der Waals surface area (Å²) in [5, 5.41) is 2.58. The maximum absolute atomic E-state index is 10.6. The molecule has 1 fully saturated rings. The van der Waals surface area contributed by atoms with Crippen LogP contribution in [-0.4, -0.2) is 17.6 Å². The third kappa shape index (κ3) is 2.22. The van der Waals surface area contributed by atoms with Crippen LogP contribution in [0.25, 0.3) is 0 Å². The number of hydrogen-bond donors (Lipinski definition) is 1. The van der Waals surface area contributed by atoms with Gasteiger partial charge in [0.1, 0.15) is 0 Å². The maximum Gasteiger partial charge on any atom is 0.304 e. The predicted octanol–water partition coefficient (Wildman–Crippen LogP) is 0.176. The highest BCUT2D eigenvalue weighted by atomic mass is 16.6. The first-order chi connectivity index (χ1) is 5.04. The topological polar surface area (TPSA) is 55.4 Å². The summed E-state index contributed by atoms with van der Waals surface area (Å²) >= 11 is 0. The molecule has 0 bridgehead atoms. The van der Waals surface area contributed by atoms with Crippen LogP contribution in [-0.2, 0) is 14.3 Å². The van der Waals surface area contributed by atoms with E-state index >= 15 is 0 Å².